The van der Waals surface area contributed by atoms with E-state index < -0.39 is 49.5 Å². The summed E-state index contributed by atoms with van der Waals surface area (Å²) in [5, 5.41) is 79.5. The Bertz CT molecular complexity index is 978. The molecule has 2 heterocycles. The number of phenolic OH excluding ortho intramolecular Hbond substituents is 3. The van der Waals surface area contributed by atoms with E-state index in [1.165, 1.54) is 30.3 Å². The minimum absolute atomic E-state index is 0.00428. The van der Waals surface area contributed by atoms with Crippen LogP contribution in [0.4, 0.5) is 0 Å². The van der Waals surface area contributed by atoms with Gasteiger partial charge < -0.3 is 55.1 Å². The lowest BCUT2D eigenvalue weighted by atomic mass is 9.93. The highest BCUT2D eigenvalue weighted by Crippen LogP contribution is 2.44. The first kappa shape index (κ1) is 22.4. The highest BCUT2D eigenvalue weighted by molar-refractivity contribution is 5.52. The van der Waals surface area contributed by atoms with Crippen molar-refractivity contribution in [3.8, 4) is 28.7 Å². The molecular formula is C21H24O11. The third-order valence-corrected chi connectivity index (χ3v) is 5.59. The lowest BCUT2D eigenvalue weighted by molar-refractivity contribution is -0.277. The zero-order valence-electron chi connectivity index (χ0n) is 16.6. The van der Waals surface area contributed by atoms with Crippen molar-refractivity contribution >= 4 is 0 Å². The molecule has 7 atom stereocenters. The van der Waals surface area contributed by atoms with Gasteiger partial charge in [0.2, 0.25) is 6.29 Å². The standard InChI is InChI=1S/C21H24O11/c22-7-16-17(27)18(28)19(29)21(32-16)31-15-5-9(23)4-14-10(15)6-13(26)20(30-14)8-1-2-11(24)12(25)3-8/h1-5,13,16-29H,6-7H2/t13-,16-,17-,18+,19-,20+,21?/m1/s1. The van der Waals surface area contributed by atoms with Crippen LogP contribution in [-0.2, 0) is 11.2 Å². The van der Waals surface area contributed by atoms with Crippen LogP contribution in [0.25, 0.3) is 0 Å². The van der Waals surface area contributed by atoms with E-state index in [2.05, 4.69) is 0 Å². The minimum atomic E-state index is -1.66. The largest absolute Gasteiger partial charge is 0.508 e. The average molecular weight is 452 g/mol. The Balaban J connectivity index is 1.62. The summed E-state index contributed by atoms with van der Waals surface area (Å²) in [6, 6.07) is 6.49. The van der Waals surface area contributed by atoms with Crippen molar-refractivity contribution in [2.45, 2.75) is 49.3 Å². The van der Waals surface area contributed by atoms with Gasteiger partial charge >= 0.3 is 0 Å². The van der Waals surface area contributed by atoms with Crippen LogP contribution in [0.15, 0.2) is 30.3 Å². The van der Waals surface area contributed by atoms with Gasteiger partial charge in [0.15, 0.2) is 11.5 Å². The van der Waals surface area contributed by atoms with Gasteiger partial charge in [0.25, 0.3) is 0 Å². The van der Waals surface area contributed by atoms with Gasteiger partial charge in [-0.3, -0.25) is 0 Å². The van der Waals surface area contributed by atoms with E-state index >= 15 is 0 Å². The first-order valence-electron chi connectivity index (χ1n) is 9.89. The molecule has 2 aromatic rings. The quantitative estimate of drug-likeness (QED) is 0.266. The normalized spacial score (nSPS) is 32.1. The molecule has 2 aromatic carbocycles. The Morgan fingerprint density at radius 2 is 1.66 bits per heavy atom. The highest BCUT2D eigenvalue weighted by atomic mass is 16.7. The summed E-state index contributed by atoms with van der Waals surface area (Å²) < 4.78 is 16.8. The second-order valence-corrected chi connectivity index (χ2v) is 7.79. The van der Waals surface area contributed by atoms with Crippen LogP contribution >= 0.6 is 0 Å². The van der Waals surface area contributed by atoms with Crippen LogP contribution in [0.1, 0.15) is 17.2 Å². The van der Waals surface area contributed by atoms with E-state index in [0.717, 1.165) is 0 Å². The lowest BCUT2D eigenvalue weighted by Gasteiger charge is -2.40. The van der Waals surface area contributed by atoms with Gasteiger partial charge in [-0.25, -0.2) is 0 Å². The molecule has 0 aliphatic carbocycles. The number of hydrogen-bond acceptors (Lipinski definition) is 11. The van der Waals surface area contributed by atoms with Crippen molar-refractivity contribution in [3.63, 3.8) is 0 Å². The molecule has 4 rings (SSSR count). The van der Waals surface area contributed by atoms with Gasteiger partial charge in [0.1, 0.15) is 47.8 Å². The first-order chi connectivity index (χ1) is 15.2. The third kappa shape index (κ3) is 4.01. The number of phenols is 3. The lowest BCUT2D eigenvalue weighted by Crippen LogP contribution is -2.60. The van der Waals surface area contributed by atoms with Crippen molar-refractivity contribution in [1.29, 1.82) is 0 Å². The molecule has 0 saturated carbocycles. The highest BCUT2D eigenvalue weighted by Gasteiger charge is 2.45. The van der Waals surface area contributed by atoms with Gasteiger partial charge in [0, 0.05) is 24.1 Å². The molecule has 174 valence electrons. The van der Waals surface area contributed by atoms with Crippen molar-refractivity contribution in [2.75, 3.05) is 6.61 Å². The molecule has 1 unspecified atom stereocenters. The second kappa shape index (κ2) is 8.62. The van der Waals surface area contributed by atoms with Gasteiger partial charge in [-0.1, -0.05) is 6.07 Å². The molecule has 11 nitrogen and oxygen atoms in total. The molecule has 0 spiro atoms. The topological polar surface area (TPSA) is 190 Å². The van der Waals surface area contributed by atoms with E-state index in [4.69, 9.17) is 14.2 Å². The SMILES string of the molecule is OC[C@H]1OC(Oc2cc(O)cc3c2C[C@@H](O)[C@H](c2ccc(O)c(O)c2)O3)[C@H](O)[C@@H](O)[C@@H]1O. The molecule has 0 bridgehead atoms. The number of aromatic hydroxyl groups is 3. The van der Waals surface area contributed by atoms with E-state index in [9.17, 15) is 40.9 Å². The van der Waals surface area contributed by atoms with Crippen LogP contribution in [0.3, 0.4) is 0 Å². The van der Waals surface area contributed by atoms with Crippen LogP contribution < -0.4 is 9.47 Å². The van der Waals surface area contributed by atoms with E-state index in [1.807, 2.05) is 0 Å². The Morgan fingerprint density at radius 3 is 2.34 bits per heavy atom. The van der Waals surface area contributed by atoms with Crippen LogP contribution in [0.5, 0.6) is 28.7 Å². The molecule has 1 fully saturated rings. The van der Waals surface area contributed by atoms with E-state index in [-0.39, 0.29) is 35.2 Å². The molecule has 0 aromatic heterocycles. The number of aliphatic hydroxyl groups excluding tert-OH is 5. The molecule has 0 radical (unpaired) electrons. The molecule has 1 saturated heterocycles. The molecular weight excluding hydrogens is 428 g/mol. The molecule has 11 heteroatoms. The maximum absolute atomic E-state index is 10.7. The fourth-order valence-electron chi connectivity index (χ4n) is 3.85. The third-order valence-electron chi connectivity index (χ3n) is 5.59. The zero-order valence-corrected chi connectivity index (χ0v) is 16.6. The molecule has 0 amide bonds. The number of hydrogen-bond donors (Lipinski definition) is 8. The molecule has 2 aliphatic rings. The van der Waals surface area contributed by atoms with E-state index in [1.54, 1.807) is 0 Å². The summed E-state index contributed by atoms with van der Waals surface area (Å²) >= 11 is 0. The van der Waals surface area contributed by atoms with Crippen molar-refractivity contribution < 1.29 is 55.1 Å². The molecule has 2 aliphatic heterocycles. The Labute approximate surface area is 181 Å². The average Bonchev–Trinajstić information content (AvgIpc) is 2.76. The second-order valence-electron chi connectivity index (χ2n) is 7.79. The maximum atomic E-state index is 10.7. The molecule has 32 heavy (non-hydrogen) atoms. The number of ether oxygens (including phenoxy) is 3. The van der Waals surface area contributed by atoms with Crippen molar-refractivity contribution in [3.05, 3.63) is 41.5 Å². The Kier molecular flexibility index (Phi) is 6.03. The van der Waals surface area contributed by atoms with Crippen LogP contribution in [-0.4, -0.2) is 84.3 Å². The Morgan fingerprint density at radius 1 is 0.906 bits per heavy atom. The zero-order chi connectivity index (χ0) is 23.2. The summed E-state index contributed by atoms with van der Waals surface area (Å²) in [6.45, 7) is -0.633. The van der Waals surface area contributed by atoms with E-state index in [0.29, 0.717) is 11.1 Å². The van der Waals surface area contributed by atoms with Gasteiger partial charge in [-0.15, -0.1) is 0 Å². The number of rotatable bonds is 4. The number of fused-ring (bicyclic) bond motifs is 1. The maximum Gasteiger partial charge on any atom is 0.229 e. The van der Waals surface area contributed by atoms with Gasteiger partial charge in [0.05, 0.1) is 12.7 Å². The predicted octanol–water partition coefficient (Wildman–Crippen LogP) is -0.981. The summed E-state index contributed by atoms with van der Waals surface area (Å²) in [4.78, 5) is 0. The summed E-state index contributed by atoms with van der Waals surface area (Å²) in [5.41, 5.74) is 0.727. The molecule has 8 N–H and O–H groups in total. The minimum Gasteiger partial charge on any atom is -0.508 e. The van der Waals surface area contributed by atoms with Crippen LogP contribution in [0.2, 0.25) is 0 Å². The van der Waals surface area contributed by atoms with Crippen LogP contribution in [0, 0.1) is 0 Å². The first-order valence-corrected chi connectivity index (χ1v) is 9.89. The fourth-order valence-corrected chi connectivity index (χ4v) is 3.85. The van der Waals surface area contributed by atoms with Gasteiger partial charge in [-0.2, -0.15) is 0 Å². The van der Waals surface area contributed by atoms with Crippen molar-refractivity contribution in [2.24, 2.45) is 0 Å². The summed E-state index contributed by atoms with van der Waals surface area (Å²) in [7, 11) is 0. The monoisotopic (exact) mass is 452 g/mol. The Hall–Kier alpha value is -2.80. The smallest absolute Gasteiger partial charge is 0.229 e. The number of aliphatic hydroxyl groups is 5. The summed E-state index contributed by atoms with van der Waals surface area (Å²) in [6.07, 6.45) is -9.56. The van der Waals surface area contributed by atoms with Crippen molar-refractivity contribution in [1.82, 2.24) is 0 Å². The summed E-state index contributed by atoms with van der Waals surface area (Å²) in [5.74, 6) is -0.811. The fraction of sp³-hybridized carbons (Fsp3) is 0.429. The number of benzene rings is 2. The van der Waals surface area contributed by atoms with Gasteiger partial charge in [-0.05, 0) is 17.7 Å². The predicted molar refractivity (Wildman–Crippen MR) is 105 cm³/mol.